The minimum absolute atomic E-state index is 0.299. The quantitative estimate of drug-likeness (QED) is 0.882. The van der Waals surface area contributed by atoms with Gasteiger partial charge in [0.15, 0.2) is 0 Å². The maximum atomic E-state index is 4.49. The van der Waals surface area contributed by atoms with Gasteiger partial charge in [-0.05, 0) is 19.5 Å². The van der Waals surface area contributed by atoms with Gasteiger partial charge in [0.2, 0.25) is 0 Å². The van der Waals surface area contributed by atoms with E-state index in [0.29, 0.717) is 6.04 Å². The Morgan fingerprint density at radius 3 is 2.88 bits per heavy atom. The standard InChI is InChI=1S/C12H18N4S/c1-4-9-5-12(16(3)15-9)11(13-2)6-10-7-14-8-17-10/h5,7-8,11,13H,4,6H2,1-3H3. The lowest BCUT2D eigenvalue weighted by Crippen LogP contribution is -2.21. The fourth-order valence-corrected chi connectivity index (χ4v) is 2.58. The van der Waals surface area contributed by atoms with Crippen molar-refractivity contribution in [1.82, 2.24) is 20.1 Å². The first-order valence-corrected chi connectivity index (χ1v) is 6.70. The van der Waals surface area contributed by atoms with Crippen molar-refractivity contribution in [3.8, 4) is 0 Å². The molecule has 2 heterocycles. The summed E-state index contributed by atoms with van der Waals surface area (Å²) in [4.78, 5) is 5.41. The highest BCUT2D eigenvalue weighted by molar-refractivity contribution is 7.09. The van der Waals surface area contributed by atoms with Crippen molar-refractivity contribution in [1.29, 1.82) is 0 Å². The van der Waals surface area contributed by atoms with E-state index in [2.05, 4.69) is 28.4 Å². The summed E-state index contributed by atoms with van der Waals surface area (Å²) in [5, 5.41) is 7.84. The molecule has 0 aliphatic heterocycles. The summed E-state index contributed by atoms with van der Waals surface area (Å²) < 4.78 is 1.97. The summed E-state index contributed by atoms with van der Waals surface area (Å²) in [6.07, 6.45) is 3.88. The number of rotatable bonds is 5. The molecule has 1 N–H and O–H groups in total. The first-order valence-electron chi connectivity index (χ1n) is 5.82. The average molecular weight is 250 g/mol. The number of thiazole rings is 1. The van der Waals surface area contributed by atoms with E-state index in [-0.39, 0.29) is 0 Å². The SMILES string of the molecule is CCc1cc(C(Cc2cncs2)NC)n(C)n1. The normalized spacial score (nSPS) is 12.9. The molecule has 0 bridgehead atoms. The van der Waals surface area contributed by atoms with Gasteiger partial charge in [-0.15, -0.1) is 11.3 Å². The molecule has 5 heteroatoms. The van der Waals surface area contributed by atoms with Crippen LogP contribution < -0.4 is 5.32 Å². The van der Waals surface area contributed by atoms with Gasteiger partial charge in [0.1, 0.15) is 0 Å². The molecule has 4 nitrogen and oxygen atoms in total. The van der Waals surface area contributed by atoms with Gasteiger partial charge in [-0.1, -0.05) is 6.92 Å². The van der Waals surface area contributed by atoms with E-state index in [1.165, 1.54) is 10.6 Å². The highest BCUT2D eigenvalue weighted by Crippen LogP contribution is 2.20. The Labute approximate surface area is 106 Å². The molecule has 17 heavy (non-hydrogen) atoms. The Bertz CT molecular complexity index is 461. The van der Waals surface area contributed by atoms with Gasteiger partial charge in [0.25, 0.3) is 0 Å². The third-order valence-corrected chi connectivity index (χ3v) is 3.73. The van der Waals surface area contributed by atoms with Gasteiger partial charge >= 0.3 is 0 Å². The molecule has 92 valence electrons. The van der Waals surface area contributed by atoms with Crippen molar-refractivity contribution in [2.24, 2.45) is 7.05 Å². The van der Waals surface area contributed by atoms with E-state index in [9.17, 15) is 0 Å². The molecule has 2 rings (SSSR count). The van der Waals surface area contributed by atoms with Crippen LogP contribution in [0.25, 0.3) is 0 Å². The molecule has 0 saturated heterocycles. The molecule has 0 aliphatic rings. The number of aryl methyl sites for hydroxylation is 2. The number of nitrogens with one attached hydrogen (secondary N) is 1. The van der Waals surface area contributed by atoms with E-state index in [1.54, 1.807) is 11.3 Å². The Kier molecular flexibility index (Phi) is 3.91. The Hall–Kier alpha value is -1.20. The van der Waals surface area contributed by atoms with Gasteiger partial charge in [-0.25, -0.2) is 0 Å². The molecular weight excluding hydrogens is 232 g/mol. The van der Waals surface area contributed by atoms with Crippen LogP contribution in [0.3, 0.4) is 0 Å². The maximum Gasteiger partial charge on any atom is 0.0794 e. The number of hydrogen-bond donors (Lipinski definition) is 1. The molecule has 1 atom stereocenters. The molecular formula is C12H18N4S. The summed E-state index contributed by atoms with van der Waals surface area (Å²) in [7, 11) is 4.00. The zero-order valence-electron chi connectivity index (χ0n) is 10.5. The Morgan fingerprint density at radius 2 is 2.35 bits per heavy atom. The minimum atomic E-state index is 0.299. The molecule has 0 amide bonds. The van der Waals surface area contributed by atoms with Crippen LogP contribution in [-0.2, 0) is 19.9 Å². The van der Waals surface area contributed by atoms with Crippen molar-refractivity contribution in [2.75, 3.05) is 7.05 Å². The van der Waals surface area contributed by atoms with E-state index in [0.717, 1.165) is 18.5 Å². The van der Waals surface area contributed by atoms with Crippen LogP contribution in [0, 0.1) is 0 Å². The van der Waals surface area contributed by atoms with Gasteiger partial charge in [0.05, 0.1) is 22.9 Å². The molecule has 0 aromatic carbocycles. The minimum Gasteiger partial charge on any atom is -0.311 e. The molecule has 0 aliphatic carbocycles. The lowest BCUT2D eigenvalue weighted by molar-refractivity contribution is 0.539. The molecule has 0 radical (unpaired) electrons. The average Bonchev–Trinajstić information content (AvgIpc) is 2.95. The fourth-order valence-electron chi connectivity index (χ4n) is 1.94. The highest BCUT2D eigenvalue weighted by atomic mass is 32.1. The van der Waals surface area contributed by atoms with E-state index in [1.807, 2.05) is 30.5 Å². The molecule has 0 fully saturated rings. The predicted molar refractivity (Wildman–Crippen MR) is 70.2 cm³/mol. The second kappa shape index (κ2) is 5.42. The third kappa shape index (κ3) is 2.73. The highest BCUT2D eigenvalue weighted by Gasteiger charge is 2.16. The molecule has 2 aromatic heterocycles. The van der Waals surface area contributed by atoms with Gasteiger partial charge in [0, 0.05) is 24.5 Å². The number of hydrogen-bond acceptors (Lipinski definition) is 4. The van der Waals surface area contributed by atoms with E-state index >= 15 is 0 Å². The van der Waals surface area contributed by atoms with Crippen molar-refractivity contribution < 1.29 is 0 Å². The van der Waals surface area contributed by atoms with Crippen LogP contribution >= 0.6 is 11.3 Å². The smallest absolute Gasteiger partial charge is 0.0794 e. The lowest BCUT2D eigenvalue weighted by atomic mass is 10.1. The topological polar surface area (TPSA) is 42.7 Å². The predicted octanol–water partition coefficient (Wildman–Crippen LogP) is 1.94. The molecule has 0 saturated carbocycles. The van der Waals surface area contributed by atoms with Crippen LogP contribution in [0.5, 0.6) is 0 Å². The number of likely N-dealkylation sites (N-methyl/N-ethyl adjacent to an activating group) is 1. The van der Waals surface area contributed by atoms with Crippen LogP contribution in [0.1, 0.15) is 29.2 Å². The largest absolute Gasteiger partial charge is 0.311 e. The number of nitrogens with zero attached hydrogens (tertiary/aromatic N) is 3. The first kappa shape index (κ1) is 12.3. The van der Waals surface area contributed by atoms with Crippen LogP contribution in [0.2, 0.25) is 0 Å². The monoisotopic (exact) mass is 250 g/mol. The number of aromatic nitrogens is 3. The van der Waals surface area contributed by atoms with Crippen molar-refractivity contribution in [2.45, 2.75) is 25.8 Å². The summed E-state index contributed by atoms with van der Waals surface area (Å²) >= 11 is 1.70. The zero-order valence-corrected chi connectivity index (χ0v) is 11.3. The summed E-state index contributed by atoms with van der Waals surface area (Å²) in [5.74, 6) is 0. The second-order valence-corrected chi connectivity index (χ2v) is 5.02. The molecule has 1 unspecified atom stereocenters. The summed E-state index contributed by atoms with van der Waals surface area (Å²) in [6.45, 7) is 2.13. The lowest BCUT2D eigenvalue weighted by Gasteiger charge is -2.15. The summed E-state index contributed by atoms with van der Waals surface area (Å²) in [6, 6.07) is 2.48. The van der Waals surface area contributed by atoms with E-state index < -0.39 is 0 Å². The third-order valence-electron chi connectivity index (χ3n) is 2.92. The molecule has 2 aromatic rings. The summed E-state index contributed by atoms with van der Waals surface area (Å²) in [5.41, 5.74) is 4.26. The van der Waals surface area contributed by atoms with E-state index in [4.69, 9.17) is 0 Å². The first-order chi connectivity index (χ1) is 8.24. The Balaban J connectivity index is 2.19. The van der Waals surface area contributed by atoms with Gasteiger partial charge < -0.3 is 5.32 Å². The van der Waals surface area contributed by atoms with Crippen molar-refractivity contribution in [3.05, 3.63) is 34.0 Å². The zero-order chi connectivity index (χ0) is 12.3. The van der Waals surface area contributed by atoms with Crippen LogP contribution in [0.15, 0.2) is 17.8 Å². The second-order valence-electron chi connectivity index (χ2n) is 4.05. The van der Waals surface area contributed by atoms with Crippen LogP contribution in [-0.4, -0.2) is 21.8 Å². The van der Waals surface area contributed by atoms with Crippen molar-refractivity contribution >= 4 is 11.3 Å². The molecule has 0 spiro atoms. The van der Waals surface area contributed by atoms with Gasteiger partial charge in [-0.2, -0.15) is 5.10 Å². The fraction of sp³-hybridized carbons (Fsp3) is 0.500. The van der Waals surface area contributed by atoms with Gasteiger partial charge in [-0.3, -0.25) is 9.67 Å². The Morgan fingerprint density at radius 1 is 1.53 bits per heavy atom. The maximum absolute atomic E-state index is 4.49. The van der Waals surface area contributed by atoms with Crippen molar-refractivity contribution in [3.63, 3.8) is 0 Å². The van der Waals surface area contributed by atoms with Crippen LogP contribution in [0.4, 0.5) is 0 Å².